The summed E-state index contributed by atoms with van der Waals surface area (Å²) in [5.41, 5.74) is -0.409. The van der Waals surface area contributed by atoms with Crippen molar-refractivity contribution in [2.45, 2.75) is 188 Å². The molecule has 0 bridgehead atoms. The molecule has 10 rings (SSSR count). The Morgan fingerprint density at radius 2 is 0.851 bits per heavy atom. The summed E-state index contributed by atoms with van der Waals surface area (Å²) in [5.74, 6) is -3.16. The second kappa shape index (κ2) is 33.9. The van der Waals surface area contributed by atoms with Gasteiger partial charge in [0.15, 0.2) is 0 Å². The van der Waals surface area contributed by atoms with Gasteiger partial charge in [0.2, 0.25) is 0 Å². The zero-order chi connectivity index (χ0) is 65.0. The Morgan fingerprint density at radius 3 is 1.09 bits per heavy atom. The van der Waals surface area contributed by atoms with E-state index < -0.39 is 48.8 Å². The van der Waals surface area contributed by atoms with Crippen molar-refractivity contribution in [1.29, 1.82) is 0 Å². The number of nitrogens with zero attached hydrogens (tertiary/aromatic N) is 6. The Bertz CT molecular complexity index is 2070. The number of carbonyl (C=O) groups is 5. The molecule has 4 spiro atoms. The third-order valence-corrected chi connectivity index (χ3v) is 16.7. The normalized spacial score (nSPS) is 23.4. The van der Waals surface area contributed by atoms with Gasteiger partial charge in [0.1, 0.15) is 24.6 Å². The van der Waals surface area contributed by atoms with Crippen LogP contribution in [0.4, 0.5) is 49.5 Å². The first kappa shape index (κ1) is 75.5. The van der Waals surface area contributed by atoms with E-state index in [0.717, 1.165) is 111 Å². The first-order valence-corrected chi connectivity index (χ1v) is 30.8. The van der Waals surface area contributed by atoms with Crippen LogP contribution in [0.2, 0.25) is 0 Å². The maximum absolute atomic E-state index is 12.4. The monoisotopic (exact) mass is 1260 g/mol. The van der Waals surface area contributed by atoms with E-state index in [1.165, 1.54) is 30.6 Å². The van der Waals surface area contributed by atoms with Crippen LogP contribution in [0.15, 0.2) is 0 Å². The predicted octanol–water partition coefficient (Wildman–Crippen LogP) is 8.66. The first-order valence-electron chi connectivity index (χ1n) is 30.8. The molecule has 10 heterocycles. The molecular formula is C59H101BF8N8O11. The predicted molar refractivity (Wildman–Crippen MR) is 312 cm³/mol. The zero-order valence-electron chi connectivity index (χ0n) is 53.0. The molecule has 0 aromatic carbocycles. The molecule has 10 aliphatic rings. The van der Waals surface area contributed by atoms with Crippen LogP contribution in [0, 0.1) is 21.7 Å². The van der Waals surface area contributed by atoms with E-state index in [2.05, 4.69) is 10.6 Å². The molecule has 10 saturated heterocycles. The lowest BCUT2D eigenvalue weighted by Crippen LogP contribution is -2.63. The maximum atomic E-state index is 12.4. The van der Waals surface area contributed by atoms with E-state index in [1.807, 2.05) is 77.0 Å². The van der Waals surface area contributed by atoms with Gasteiger partial charge < -0.3 is 59.0 Å². The van der Waals surface area contributed by atoms with E-state index in [-0.39, 0.29) is 53.8 Å². The van der Waals surface area contributed by atoms with Crippen LogP contribution in [0.1, 0.15) is 139 Å². The van der Waals surface area contributed by atoms with Crippen LogP contribution < -0.4 is 10.6 Å². The molecule has 10 aliphatic heterocycles. The molecule has 10 fully saturated rings. The van der Waals surface area contributed by atoms with Crippen molar-refractivity contribution in [3.8, 4) is 0 Å². The Balaban J connectivity index is 0.000000229. The zero-order valence-corrected chi connectivity index (χ0v) is 53.0. The fourth-order valence-corrected chi connectivity index (χ4v) is 11.7. The summed E-state index contributed by atoms with van der Waals surface area (Å²) in [5, 5.41) is 13.9. The van der Waals surface area contributed by atoms with Gasteiger partial charge in [-0.15, -0.1) is 0 Å². The Hall–Kier alpha value is -3.99. The summed E-state index contributed by atoms with van der Waals surface area (Å²) in [4.78, 5) is 65.8. The number of hydrogen-bond donors (Lipinski definition) is 3. The standard InChI is InChI=1S/C14H22F2N2O3.C14H24F2N2O2.C12H22N2O2.C9H16F2N2.C4H7BO.C4H8O.C2H2F2O2/c1-13(2,3)21-12(20)18-8-14(9-18)4-6-17(7-5-14)11(19)10(15)16;1-13(2,3)20-12(19)18-9-14(10-18)4-6-17(7-5-14)8-11(15)16;1-11(2,3)16-10(15)14-8-12(9-14)4-6-13-7-5-12;10-8(11)5-13-3-1-9(2-4-13)6-12-7-9;5-4-2-1-3-6-4;1-2-4-5-3-1;3-1(4)2(5)6/h10H,4-9H2,1-3H3;11H,4-10H2,1-3H3;13H,4-9H2,1-3H3;8,12H,1-7H2;4H,1-3H2;1-4H2;1H,(H,5,6). The average Bonchev–Trinajstić information content (AvgIpc) is 1.12. The topological polar surface area (TPSA) is 195 Å². The van der Waals surface area contributed by atoms with Crippen molar-refractivity contribution in [2.75, 3.05) is 138 Å². The van der Waals surface area contributed by atoms with Crippen LogP contribution in [-0.4, -0.2) is 259 Å². The summed E-state index contributed by atoms with van der Waals surface area (Å²) in [6.07, 6.45) is 1.03. The third kappa shape index (κ3) is 27.2. The lowest BCUT2D eigenvalue weighted by Gasteiger charge is -2.53. The van der Waals surface area contributed by atoms with E-state index in [4.69, 9.17) is 41.4 Å². The number of amides is 4. The molecule has 0 aliphatic carbocycles. The molecular weight excluding hydrogens is 1160 g/mol. The van der Waals surface area contributed by atoms with E-state index in [1.54, 1.807) is 9.80 Å². The van der Waals surface area contributed by atoms with Crippen molar-refractivity contribution >= 4 is 38.0 Å². The fourth-order valence-electron chi connectivity index (χ4n) is 11.7. The molecule has 19 nitrogen and oxygen atoms in total. The summed E-state index contributed by atoms with van der Waals surface area (Å²) in [6, 6.07) is 0.0463. The minimum Gasteiger partial charge on any atom is -0.477 e. The van der Waals surface area contributed by atoms with Crippen LogP contribution in [0.3, 0.4) is 0 Å². The Labute approximate surface area is 511 Å². The van der Waals surface area contributed by atoms with Gasteiger partial charge in [-0.1, -0.05) is 0 Å². The number of halogens is 8. The van der Waals surface area contributed by atoms with Gasteiger partial charge in [-0.2, -0.15) is 17.6 Å². The van der Waals surface area contributed by atoms with Gasteiger partial charge in [-0.3, -0.25) is 14.6 Å². The number of piperidine rings is 4. The molecule has 0 aromatic rings. The fraction of sp³-hybridized carbons (Fsp3) is 0.915. The van der Waals surface area contributed by atoms with Crippen LogP contribution >= 0.6 is 0 Å². The lowest BCUT2D eigenvalue weighted by molar-refractivity contribution is -0.149. The molecule has 28 heteroatoms. The van der Waals surface area contributed by atoms with Crippen molar-refractivity contribution in [3.05, 3.63) is 0 Å². The molecule has 4 amide bonds. The van der Waals surface area contributed by atoms with Crippen LogP contribution in [-0.2, 0) is 33.3 Å². The Kier molecular flexibility index (Phi) is 29.4. The smallest absolute Gasteiger partial charge is 0.410 e. The van der Waals surface area contributed by atoms with E-state index in [0.29, 0.717) is 76.0 Å². The number of carboxylic acids is 1. The van der Waals surface area contributed by atoms with Crippen molar-refractivity contribution < 1.29 is 87.9 Å². The molecule has 1 unspecified atom stereocenters. The van der Waals surface area contributed by atoms with Gasteiger partial charge in [-0.25, -0.2) is 36.7 Å². The van der Waals surface area contributed by atoms with Crippen molar-refractivity contribution in [1.82, 2.24) is 40.0 Å². The highest BCUT2D eigenvalue weighted by molar-refractivity contribution is 6.11. The largest absolute Gasteiger partial charge is 0.477 e. The minimum absolute atomic E-state index is 0.0319. The van der Waals surface area contributed by atoms with E-state index in [9.17, 15) is 54.3 Å². The second-order valence-electron chi connectivity index (χ2n) is 27.9. The molecule has 3 N–H and O–H groups in total. The number of carbonyl (C=O) groups excluding carboxylic acids is 4. The molecule has 0 aromatic heterocycles. The number of ether oxygens (including phenoxy) is 5. The number of carboxylic acid groups (broad SMARTS) is 1. The lowest BCUT2D eigenvalue weighted by atomic mass is 9.72. The quantitative estimate of drug-likeness (QED) is 0.130. The number of hydrogen-bond acceptors (Lipinski definition) is 14. The third-order valence-electron chi connectivity index (χ3n) is 16.7. The highest BCUT2D eigenvalue weighted by atomic mass is 19.3. The van der Waals surface area contributed by atoms with Gasteiger partial charge in [0.05, 0.1) is 13.1 Å². The van der Waals surface area contributed by atoms with Gasteiger partial charge in [0, 0.05) is 108 Å². The number of alkyl halides is 8. The molecule has 87 heavy (non-hydrogen) atoms. The SMILES string of the molecule is C1CCOC1.CC(C)(C)OC(=O)N1CC2(CCN(C(=O)C(F)F)CC2)C1.CC(C)(C)OC(=O)N1CC2(CCN(CC(F)F)CC2)C1.CC(C)(C)OC(=O)N1CC2(CCNCC2)C1.FC(F)CN1CCC2(CC1)CNC2.O=C(O)C(F)F.[B]C1CCCO1. The number of nitrogens with one attached hydrogen (secondary N) is 2. The summed E-state index contributed by atoms with van der Waals surface area (Å²) >= 11 is 0. The summed E-state index contributed by atoms with van der Waals surface area (Å²) < 4.78 is 120. The first-order chi connectivity index (χ1) is 40.5. The van der Waals surface area contributed by atoms with E-state index >= 15 is 0 Å². The number of aliphatic carboxylic acids is 1. The molecule has 2 radical (unpaired) electrons. The van der Waals surface area contributed by atoms with Crippen molar-refractivity contribution in [3.63, 3.8) is 0 Å². The summed E-state index contributed by atoms with van der Waals surface area (Å²) in [7, 11) is 5.31. The second-order valence-corrected chi connectivity index (χ2v) is 27.9. The van der Waals surface area contributed by atoms with Crippen molar-refractivity contribution in [2.24, 2.45) is 21.7 Å². The average molecular weight is 1260 g/mol. The van der Waals surface area contributed by atoms with Gasteiger partial charge in [0.25, 0.3) is 18.8 Å². The number of likely N-dealkylation sites (tertiary alicyclic amines) is 6. The Morgan fingerprint density at radius 1 is 0.506 bits per heavy atom. The number of rotatable bonds is 6. The van der Waals surface area contributed by atoms with Gasteiger partial charge >= 0.3 is 37.1 Å². The minimum atomic E-state index is -3.23. The highest BCUT2D eigenvalue weighted by Crippen LogP contribution is 2.43. The summed E-state index contributed by atoms with van der Waals surface area (Å²) in [6.45, 7) is 31.9. The van der Waals surface area contributed by atoms with Crippen LogP contribution in [0.25, 0.3) is 0 Å². The molecule has 502 valence electrons. The van der Waals surface area contributed by atoms with Gasteiger partial charge in [-0.05, 0) is 184 Å². The maximum Gasteiger partial charge on any atom is 0.410 e. The molecule has 0 saturated carbocycles. The highest BCUT2D eigenvalue weighted by Gasteiger charge is 2.50. The van der Waals surface area contributed by atoms with Crippen LogP contribution in [0.5, 0.6) is 0 Å². The molecule has 1 atom stereocenters.